The molecule has 2 aromatic carbocycles. The van der Waals surface area contributed by atoms with Gasteiger partial charge >= 0.3 is 6.03 Å². The minimum absolute atomic E-state index is 0.417. The van der Waals surface area contributed by atoms with Crippen molar-refractivity contribution in [2.24, 2.45) is 11.8 Å². The highest BCUT2D eigenvalue weighted by Crippen LogP contribution is 2.47. The van der Waals surface area contributed by atoms with Gasteiger partial charge in [-0.05, 0) is 17.9 Å². The molecule has 2 aromatic rings. The van der Waals surface area contributed by atoms with Crippen LogP contribution < -0.4 is 20.9 Å². The summed E-state index contributed by atoms with van der Waals surface area (Å²) in [6, 6.07) is 11.2. The van der Waals surface area contributed by atoms with E-state index >= 15 is 0 Å². The van der Waals surface area contributed by atoms with Crippen molar-refractivity contribution >= 4 is 46.1 Å². The van der Waals surface area contributed by atoms with Gasteiger partial charge in [0.25, 0.3) is 11.8 Å². The highest BCUT2D eigenvalue weighted by molar-refractivity contribution is 6.32. The predicted molar refractivity (Wildman–Crippen MR) is 110 cm³/mol. The highest BCUT2D eigenvalue weighted by atomic mass is 16.2. The molecule has 0 bridgehead atoms. The summed E-state index contributed by atoms with van der Waals surface area (Å²) in [6.45, 7) is 1.91. The fourth-order valence-corrected chi connectivity index (χ4v) is 5.18. The second-order valence-corrected chi connectivity index (χ2v) is 8.10. The van der Waals surface area contributed by atoms with Crippen LogP contribution in [0.4, 0.5) is 10.5 Å². The summed E-state index contributed by atoms with van der Waals surface area (Å²) in [5.74, 6) is -5.03. The van der Waals surface area contributed by atoms with Crippen LogP contribution in [0.25, 0.3) is 10.8 Å². The number of hydrogen-bond donors (Lipinski definition) is 3. The van der Waals surface area contributed by atoms with Gasteiger partial charge in [0.15, 0.2) is 5.54 Å². The van der Waals surface area contributed by atoms with Gasteiger partial charge < -0.3 is 0 Å². The molecule has 3 aliphatic heterocycles. The molecule has 0 aliphatic carbocycles. The number of urea groups is 1. The normalized spacial score (nSPS) is 27.1. The number of nitrogens with one attached hydrogen (secondary N) is 3. The molecule has 0 radical (unpaired) electrons. The first-order chi connectivity index (χ1) is 14.9. The third-order valence-corrected chi connectivity index (χ3v) is 6.44. The van der Waals surface area contributed by atoms with Gasteiger partial charge in [-0.15, -0.1) is 0 Å². The minimum Gasteiger partial charge on any atom is -0.291 e. The lowest BCUT2D eigenvalue weighted by Crippen LogP contribution is -2.74. The highest BCUT2D eigenvalue weighted by Gasteiger charge is 2.72. The average molecular weight is 420 g/mol. The molecule has 6 amide bonds. The summed E-state index contributed by atoms with van der Waals surface area (Å²) in [5, 5.41) is 8.69. The van der Waals surface area contributed by atoms with Crippen molar-refractivity contribution < 1.29 is 24.0 Å². The molecule has 3 atom stereocenters. The van der Waals surface area contributed by atoms with E-state index in [0.717, 1.165) is 10.3 Å². The fraction of sp³-hybridized carbons (Fsp3) is 0.318. The van der Waals surface area contributed by atoms with Crippen LogP contribution in [0.2, 0.25) is 0 Å². The first kappa shape index (κ1) is 19.4. The molecule has 1 spiro atoms. The molecule has 3 aliphatic rings. The molecule has 3 saturated heterocycles. The number of fused-ring (bicyclic) bond motifs is 3. The van der Waals surface area contributed by atoms with Gasteiger partial charge in [-0.1, -0.05) is 49.7 Å². The van der Waals surface area contributed by atoms with Gasteiger partial charge in [-0.25, -0.2) is 9.69 Å². The Kier molecular flexibility index (Phi) is 4.19. The summed E-state index contributed by atoms with van der Waals surface area (Å²) in [7, 11) is 0. The van der Waals surface area contributed by atoms with Crippen molar-refractivity contribution in [1.82, 2.24) is 16.0 Å². The molecule has 5 rings (SSSR count). The Bertz CT molecular complexity index is 1150. The van der Waals surface area contributed by atoms with E-state index in [-0.39, 0.29) is 0 Å². The maximum Gasteiger partial charge on any atom is 0.328 e. The third kappa shape index (κ3) is 2.50. The number of carbonyl (C=O) groups excluding carboxylic acids is 5. The number of carbonyl (C=O) groups is 5. The summed E-state index contributed by atoms with van der Waals surface area (Å²) in [4.78, 5) is 65.8. The van der Waals surface area contributed by atoms with E-state index in [2.05, 4.69) is 16.0 Å². The molecular formula is C22H20N4O5. The quantitative estimate of drug-likeness (QED) is 0.499. The smallest absolute Gasteiger partial charge is 0.291 e. The summed E-state index contributed by atoms with van der Waals surface area (Å²) in [5.41, 5.74) is -1.59. The number of imide groups is 3. The Morgan fingerprint density at radius 3 is 2.29 bits per heavy atom. The predicted octanol–water partition coefficient (Wildman–Crippen LogP) is 0.822. The SMILES string of the molecule is CCC[C@@H]1NC2(C(=O)NC(=O)NC2=O)[C@H]2C(=O)N(c3cccc4ccccc34)C(=O)[C@@H]12. The van der Waals surface area contributed by atoms with E-state index in [0.29, 0.717) is 23.9 Å². The molecule has 158 valence electrons. The number of amides is 6. The van der Waals surface area contributed by atoms with Crippen LogP contribution in [0.3, 0.4) is 0 Å². The maximum atomic E-state index is 13.7. The van der Waals surface area contributed by atoms with Crippen LogP contribution in [0.5, 0.6) is 0 Å². The third-order valence-electron chi connectivity index (χ3n) is 6.44. The van der Waals surface area contributed by atoms with Gasteiger partial charge in [0.1, 0.15) is 0 Å². The maximum absolute atomic E-state index is 13.7. The molecule has 0 aromatic heterocycles. The molecule has 9 heteroatoms. The zero-order valence-electron chi connectivity index (χ0n) is 16.7. The minimum atomic E-state index is -2.01. The van der Waals surface area contributed by atoms with Crippen LogP contribution in [0, 0.1) is 11.8 Å². The Morgan fingerprint density at radius 1 is 0.903 bits per heavy atom. The summed E-state index contributed by atoms with van der Waals surface area (Å²) < 4.78 is 0. The van der Waals surface area contributed by atoms with Gasteiger partial charge in [0, 0.05) is 11.4 Å². The zero-order chi connectivity index (χ0) is 21.9. The lowest BCUT2D eigenvalue weighted by Gasteiger charge is -2.34. The number of hydrogen-bond acceptors (Lipinski definition) is 6. The van der Waals surface area contributed by atoms with Crippen molar-refractivity contribution in [3.05, 3.63) is 42.5 Å². The second kappa shape index (κ2) is 6.71. The average Bonchev–Trinajstić information content (AvgIpc) is 3.21. The number of nitrogens with zero attached hydrogens (tertiary/aromatic N) is 1. The van der Waals surface area contributed by atoms with E-state index < -0.39 is 53.1 Å². The topological polar surface area (TPSA) is 125 Å². The van der Waals surface area contributed by atoms with Crippen LogP contribution >= 0.6 is 0 Å². The largest absolute Gasteiger partial charge is 0.328 e. The zero-order valence-corrected chi connectivity index (χ0v) is 16.7. The van der Waals surface area contributed by atoms with Crippen LogP contribution in [-0.4, -0.2) is 41.2 Å². The van der Waals surface area contributed by atoms with Crippen molar-refractivity contribution in [3.63, 3.8) is 0 Å². The van der Waals surface area contributed by atoms with Crippen molar-refractivity contribution in [2.75, 3.05) is 4.90 Å². The van der Waals surface area contributed by atoms with Crippen LogP contribution in [0.15, 0.2) is 42.5 Å². The van der Waals surface area contributed by atoms with Crippen LogP contribution in [-0.2, 0) is 19.2 Å². The molecule has 3 N–H and O–H groups in total. The first-order valence-corrected chi connectivity index (χ1v) is 10.2. The van der Waals surface area contributed by atoms with Crippen molar-refractivity contribution in [2.45, 2.75) is 31.3 Å². The molecular weight excluding hydrogens is 400 g/mol. The molecule has 3 fully saturated rings. The molecule has 0 unspecified atom stereocenters. The van der Waals surface area contributed by atoms with Gasteiger partial charge in [0.2, 0.25) is 11.8 Å². The number of rotatable bonds is 3. The van der Waals surface area contributed by atoms with E-state index in [1.165, 1.54) is 0 Å². The number of anilines is 1. The Labute approximate surface area is 177 Å². The molecule has 3 heterocycles. The van der Waals surface area contributed by atoms with Gasteiger partial charge in [-0.2, -0.15) is 0 Å². The Hall–Kier alpha value is -3.59. The first-order valence-electron chi connectivity index (χ1n) is 10.2. The lowest BCUT2D eigenvalue weighted by molar-refractivity contribution is -0.145. The number of benzene rings is 2. The van der Waals surface area contributed by atoms with Gasteiger partial charge in [-0.3, -0.25) is 35.1 Å². The van der Waals surface area contributed by atoms with E-state index in [4.69, 9.17) is 0 Å². The number of barbiturate groups is 1. The molecule has 0 saturated carbocycles. The van der Waals surface area contributed by atoms with E-state index in [1.807, 2.05) is 37.3 Å². The monoisotopic (exact) mass is 420 g/mol. The van der Waals surface area contributed by atoms with Gasteiger partial charge in [0.05, 0.1) is 17.5 Å². The van der Waals surface area contributed by atoms with E-state index in [9.17, 15) is 24.0 Å². The fourth-order valence-electron chi connectivity index (χ4n) is 5.18. The van der Waals surface area contributed by atoms with E-state index in [1.54, 1.807) is 12.1 Å². The van der Waals surface area contributed by atoms with Crippen molar-refractivity contribution in [1.29, 1.82) is 0 Å². The molecule has 31 heavy (non-hydrogen) atoms. The Morgan fingerprint density at radius 2 is 1.58 bits per heavy atom. The molecule has 9 nitrogen and oxygen atoms in total. The van der Waals surface area contributed by atoms with Crippen molar-refractivity contribution in [3.8, 4) is 0 Å². The summed E-state index contributed by atoms with van der Waals surface area (Å²) in [6.07, 6.45) is 1.16. The van der Waals surface area contributed by atoms with Crippen LogP contribution in [0.1, 0.15) is 19.8 Å². The summed E-state index contributed by atoms with van der Waals surface area (Å²) >= 11 is 0. The second-order valence-electron chi connectivity index (χ2n) is 8.10. The standard InChI is InChI=1S/C22H20N4O5/c1-2-6-13-15-16(22(25-13)19(29)23-21(31)24-20(22)30)18(28)26(17(15)27)14-10-5-8-11-7-3-4-9-12(11)14/h3-5,7-10,13,15-16,25H,2,6H2,1H3,(H2,23,24,29,30,31)/t13-,15-,16+/m0/s1. The lowest BCUT2D eigenvalue weighted by atomic mass is 9.78. The Balaban J connectivity index is 1.66.